The van der Waals surface area contributed by atoms with Crippen LogP contribution in [0.15, 0.2) is 12.1 Å². The first-order valence-electron chi connectivity index (χ1n) is 6.83. The van der Waals surface area contributed by atoms with Crippen LogP contribution in [0, 0.1) is 0 Å². The molecular formula is C14H17ClN4O2. The first-order valence-corrected chi connectivity index (χ1v) is 7.21. The molecule has 2 heterocycles. The van der Waals surface area contributed by atoms with E-state index in [2.05, 4.69) is 24.2 Å². The van der Waals surface area contributed by atoms with Crippen molar-refractivity contribution in [1.29, 1.82) is 0 Å². The summed E-state index contributed by atoms with van der Waals surface area (Å²) in [6, 6.07) is 3.78. The SMILES string of the molecule is CC(C)c1c(N)nnn1Cc1cc(Cl)c2c(c1)OCCO2. The van der Waals surface area contributed by atoms with Gasteiger partial charge in [-0.1, -0.05) is 30.7 Å². The van der Waals surface area contributed by atoms with Crippen LogP contribution in [0.25, 0.3) is 0 Å². The predicted octanol–water partition coefficient (Wildman–Crippen LogP) is 2.46. The summed E-state index contributed by atoms with van der Waals surface area (Å²) in [6.07, 6.45) is 0. The van der Waals surface area contributed by atoms with Gasteiger partial charge in [0.1, 0.15) is 13.2 Å². The molecular weight excluding hydrogens is 292 g/mol. The quantitative estimate of drug-likeness (QED) is 0.942. The lowest BCUT2D eigenvalue weighted by Gasteiger charge is -2.20. The van der Waals surface area contributed by atoms with Gasteiger partial charge in [-0.2, -0.15) is 0 Å². The van der Waals surface area contributed by atoms with Crippen LogP contribution in [-0.4, -0.2) is 28.2 Å². The van der Waals surface area contributed by atoms with Gasteiger partial charge in [0.25, 0.3) is 0 Å². The van der Waals surface area contributed by atoms with Crippen molar-refractivity contribution in [2.45, 2.75) is 26.3 Å². The highest BCUT2D eigenvalue weighted by atomic mass is 35.5. The molecule has 0 bridgehead atoms. The average molecular weight is 309 g/mol. The van der Waals surface area contributed by atoms with E-state index in [0.717, 1.165) is 11.3 Å². The van der Waals surface area contributed by atoms with Crippen LogP contribution in [0.3, 0.4) is 0 Å². The molecule has 0 amide bonds. The minimum atomic E-state index is 0.243. The number of aromatic nitrogens is 3. The van der Waals surface area contributed by atoms with Crippen molar-refractivity contribution in [2.24, 2.45) is 0 Å². The lowest BCUT2D eigenvalue weighted by molar-refractivity contribution is 0.171. The third-order valence-corrected chi connectivity index (χ3v) is 3.62. The van der Waals surface area contributed by atoms with E-state index in [1.807, 2.05) is 12.1 Å². The van der Waals surface area contributed by atoms with Gasteiger partial charge in [0, 0.05) is 0 Å². The molecule has 0 saturated heterocycles. The molecule has 3 rings (SSSR count). The number of rotatable bonds is 3. The molecule has 2 N–H and O–H groups in total. The summed E-state index contributed by atoms with van der Waals surface area (Å²) in [4.78, 5) is 0. The van der Waals surface area contributed by atoms with Crippen LogP contribution in [0.2, 0.25) is 5.02 Å². The molecule has 1 aliphatic heterocycles. The molecule has 0 fully saturated rings. The van der Waals surface area contributed by atoms with Crippen molar-refractivity contribution in [3.8, 4) is 11.5 Å². The number of ether oxygens (including phenoxy) is 2. The molecule has 0 radical (unpaired) electrons. The molecule has 1 aromatic carbocycles. The van der Waals surface area contributed by atoms with Gasteiger partial charge in [-0.25, -0.2) is 4.68 Å². The van der Waals surface area contributed by atoms with Gasteiger partial charge in [0.2, 0.25) is 0 Å². The molecule has 0 saturated carbocycles. The number of halogens is 1. The number of hydrogen-bond donors (Lipinski definition) is 1. The number of nitrogens with two attached hydrogens (primary N) is 1. The lowest BCUT2D eigenvalue weighted by Crippen LogP contribution is -2.16. The first kappa shape index (κ1) is 14.0. The van der Waals surface area contributed by atoms with Crippen molar-refractivity contribution in [1.82, 2.24) is 15.0 Å². The van der Waals surface area contributed by atoms with Crippen LogP contribution in [0.5, 0.6) is 11.5 Å². The Morgan fingerprint density at radius 3 is 2.86 bits per heavy atom. The Balaban J connectivity index is 1.94. The Hall–Kier alpha value is -1.95. The summed E-state index contributed by atoms with van der Waals surface area (Å²) in [5.41, 5.74) is 7.76. The molecule has 0 spiro atoms. The van der Waals surface area contributed by atoms with Gasteiger partial charge in [-0.3, -0.25) is 0 Å². The number of fused-ring (bicyclic) bond motifs is 1. The van der Waals surface area contributed by atoms with Crippen LogP contribution in [0.4, 0.5) is 5.82 Å². The van der Waals surface area contributed by atoms with E-state index < -0.39 is 0 Å². The summed E-state index contributed by atoms with van der Waals surface area (Å²) < 4.78 is 12.9. The highest BCUT2D eigenvalue weighted by Crippen LogP contribution is 2.38. The van der Waals surface area contributed by atoms with E-state index in [-0.39, 0.29) is 5.92 Å². The summed E-state index contributed by atoms with van der Waals surface area (Å²) in [5, 5.41) is 8.59. The average Bonchev–Trinajstić information content (AvgIpc) is 2.80. The van der Waals surface area contributed by atoms with Crippen LogP contribution in [0.1, 0.15) is 31.0 Å². The van der Waals surface area contributed by atoms with Crippen molar-refractivity contribution in [3.63, 3.8) is 0 Å². The maximum Gasteiger partial charge on any atom is 0.179 e. The number of nitrogen functional groups attached to an aromatic ring is 1. The van der Waals surface area contributed by atoms with Gasteiger partial charge in [0.15, 0.2) is 17.3 Å². The van der Waals surface area contributed by atoms with E-state index in [0.29, 0.717) is 42.1 Å². The zero-order chi connectivity index (χ0) is 15.0. The fourth-order valence-corrected chi connectivity index (χ4v) is 2.76. The second kappa shape index (κ2) is 5.44. The molecule has 2 aromatic rings. The topological polar surface area (TPSA) is 75.2 Å². The monoisotopic (exact) mass is 308 g/mol. The molecule has 6 nitrogen and oxygen atoms in total. The van der Waals surface area contributed by atoms with E-state index in [9.17, 15) is 0 Å². The Kier molecular flexibility index (Phi) is 3.63. The Labute approximate surface area is 127 Å². The number of benzene rings is 1. The largest absolute Gasteiger partial charge is 0.486 e. The van der Waals surface area contributed by atoms with Crippen LogP contribution in [-0.2, 0) is 6.54 Å². The second-order valence-electron chi connectivity index (χ2n) is 5.27. The Bertz CT molecular complexity index is 669. The molecule has 0 atom stereocenters. The summed E-state index contributed by atoms with van der Waals surface area (Å²) >= 11 is 6.25. The molecule has 7 heteroatoms. The standard InChI is InChI=1S/C14H17ClN4O2/c1-8(2)12-14(16)17-18-19(12)7-9-5-10(15)13-11(6-9)20-3-4-21-13/h5-6,8H,3-4,7,16H2,1-2H3. The second-order valence-corrected chi connectivity index (χ2v) is 5.68. The van der Waals surface area contributed by atoms with Gasteiger partial charge in [-0.05, 0) is 23.6 Å². The van der Waals surface area contributed by atoms with Crippen molar-refractivity contribution < 1.29 is 9.47 Å². The summed E-state index contributed by atoms with van der Waals surface area (Å²) in [6.45, 7) is 5.70. The maximum absolute atomic E-state index is 6.25. The summed E-state index contributed by atoms with van der Waals surface area (Å²) in [7, 11) is 0. The Morgan fingerprint density at radius 2 is 2.10 bits per heavy atom. The van der Waals surface area contributed by atoms with E-state index >= 15 is 0 Å². The van der Waals surface area contributed by atoms with Gasteiger partial charge < -0.3 is 15.2 Å². The summed E-state index contributed by atoms with van der Waals surface area (Å²) in [5.74, 6) is 1.98. The Morgan fingerprint density at radius 1 is 1.33 bits per heavy atom. The minimum absolute atomic E-state index is 0.243. The minimum Gasteiger partial charge on any atom is -0.486 e. The highest BCUT2D eigenvalue weighted by molar-refractivity contribution is 6.32. The number of anilines is 1. The molecule has 0 unspecified atom stereocenters. The van der Waals surface area contributed by atoms with Crippen LogP contribution < -0.4 is 15.2 Å². The van der Waals surface area contributed by atoms with E-state index in [1.165, 1.54) is 0 Å². The van der Waals surface area contributed by atoms with E-state index in [1.54, 1.807) is 4.68 Å². The molecule has 1 aromatic heterocycles. The number of hydrogen-bond acceptors (Lipinski definition) is 5. The predicted molar refractivity (Wildman–Crippen MR) is 80.1 cm³/mol. The first-order chi connectivity index (χ1) is 10.1. The fourth-order valence-electron chi connectivity index (χ4n) is 2.47. The fraction of sp³-hybridized carbons (Fsp3) is 0.429. The zero-order valence-electron chi connectivity index (χ0n) is 12.0. The van der Waals surface area contributed by atoms with Gasteiger partial charge >= 0.3 is 0 Å². The molecule has 1 aliphatic rings. The molecule has 112 valence electrons. The number of nitrogens with zero attached hydrogens (tertiary/aromatic N) is 3. The zero-order valence-corrected chi connectivity index (χ0v) is 12.7. The van der Waals surface area contributed by atoms with E-state index in [4.69, 9.17) is 26.8 Å². The van der Waals surface area contributed by atoms with Crippen molar-refractivity contribution in [2.75, 3.05) is 18.9 Å². The lowest BCUT2D eigenvalue weighted by atomic mass is 10.1. The normalized spacial score (nSPS) is 13.7. The van der Waals surface area contributed by atoms with Crippen LogP contribution >= 0.6 is 11.6 Å². The smallest absolute Gasteiger partial charge is 0.179 e. The highest BCUT2D eigenvalue weighted by Gasteiger charge is 2.19. The molecule has 21 heavy (non-hydrogen) atoms. The molecule has 0 aliphatic carbocycles. The maximum atomic E-state index is 6.25. The van der Waals surface area contributed by atoms with Gasteiger partial charge in [0.05, 0.1) is 17.3 Å². The third kappa shape index (κ3) is 2.63. The van der Waals surface area contributed by atoms with Crippen molar-refractivity contribution in [3.05, 3.63) is 28.4 Å². The third-order valence-electron chi connectivity index (χ3n) is 3.34. The van der Waals surface area contributed by atoms with Gasteiger partial charge in [-0.15, -0.1) is 5.10 Å². The van der Waals surface area contributed by atoms with Crippen molar-refractivity contribution >= 4 is 17.4 Å².